The molecule has 0 spiro atoms. The summed E-state index contributed by atoms with van der Waals surface area (Å²) in [5.41, 5.74) is 6.68. The molecule has 1 unspecified atom stereocenters. The zero-order valence-electron chi connectivity index (χ0n) is 9.34. The van der Waals surface area contributed by atoms with E-state index in [4.69, 9.17) is 5.73 Å². The van der Waals surface area contributed by atoms with Gasteiger partial charge in [0.15, 0.2) is 0 Å². The van der Waals surface area contributed by atoms with Crippen LogP contribution in [0.4, 0.5) is 0 Å². The van der Waals surface area contributed by atoms with Crippen molar-refractivity contribution in [1.29, 1.82) is 0 Å². The van der Waals surface area contributed by atoms with Crippen LogP contribution in [-0.4, -0.2) is 22.8 Å². The van der Waals surface area contributed by atoms with Crippen LogP contribution in [0.5, 0.6) is 0 Å². The maximum Gasteiger partial charge on any atom is 0.249 e. The molecule has 0 radical (unpaired) electrons. The minimum absolute atomic E-state index is 0.196. The number of carbonyl (C=O) groups excluding carboxylic acids is 1. The maximum absolute atomic E-state index is 11.2. The number of rotatable bonds is 3. The Bertz CT molecular complexity index is 433. The SMILES string of the molecule is NC1=CC(=O)NC(S)N1CCc1ccccc1. The third kappa shape index (κ3) is 2.94. The minimum atomic E-state index is -0.351. The van der Waals surface area contributed by atoms with Gasteiger partial charge in [-0.3, -0.25) is 4.79 Å². The highest BCUT2D eigenvalue weighted by Crippen LogP contribution is 2.12. The summed E-state index contributed by atoms with van der Waals surface area (Å²) in [5, 5.41) is 2.69. The largest absolute Gasteiger partial charge is 0.385 e. The van der Waals surface area contributed by atoms with Gasteiger partial charge in [-0.1, -0.05) is 30.3 Å². The number of hydrogen-bond acceptors (Lipinski definition) is 4. The van der Waals surface area contributed by atoms with Crippen LogP contribution in [0.25, 0.3) is 0 Å². The first-order valence-corrected chi connectivity index (χ1v) is 5.95. The van der Waals surface area contributed by atoms with E-state index >= 15 is 0 Å². The highest BCUT2D eigenvalue weighted by molar-refractivity contribution is 7.80. The molecule has 0 bridgehead atoms. The number of nitrogens with two attached hydrogens (primary N) is 1. The molecule has 0 fully saturated rings. The van der Waals surface area contributed by atoms with Gasteiger partial charge in [0, 0.05) is 12.6 Å². The van der Waals surface area contributed by atoms with Crippen LogP contribution in [-0.2, 0) is 11.2 Å². The van der Waals surface area contributed by atoms with E-state index in [1.165, 1.54) is 11.6 Å². The minimum Gasteiger partial charge on any atom is -0.385 e. The van der Waals surface area contributed by atoms with Crippen molar-refractivity contribution in [1.82, 2.24) is 10.2 Å². The molecular formula is C12H15N3OS. The molecule has 0 aromatic heterocycles. The zero-order valence-corrected chi connectivity index (χ0v) is 10.2. The summed E-state index contributed by atoms with van der Waals surface area (Å²) in [6.45, 7) is 0.723. The fourth-order valence-electron chi connectivity index (χ4n) is 1.75. The van der Waals surface area contributed by atoms with Crippen LogP contribution in [0.15, 0.2) is 42.2 Å². The van der Waals surface area contributed by atoms with Crippen LogP contribution in [0.1, 0.15) is 5.56 Å². The number of benzene rings is 1. The van der Waals surface area contributed by atoms with Gasteiger partial charge in [-0.2, -0.15) is 0 Å². The highest BCUT2D eigenvalue weighted by Gasteiger charge is 2.22. The molecule has 90 valence electrons. The number of amides is 1. The number of nitrogens with one attached hydrogen (secondary N) is 1. The molecule has 1 aromatic carbocycles. The average Bonchev–Trinajstić information content (AvgIpc) is 2.29. The van der Waals surface area contributed by atoms with E-state index < -0.39 is 0 Å². The Hall–Kier alpha value is -1.62. The third-order valence-electron chi connectivity index (χ3n) is 2.66. The van der Waals surface area contributed by atoms with E-state index in [-0.39, 0.29) is 11.4 Å². The van der Waals surface area contributed by atoms with Crippen LogP contribution in [0.3, 0.4) is 0 Å². The number of thiol groups is 1. The summed E-state index contributed by atoms with van der Waals surface area (Å²) in [7, 11) is 0. The molecule has 1 aliphatic heterocycles. The van der Waals surface area contributed by atoms with Gasteiger partial charge in [0.1, 0.15) is 11.3 Å². The summed E-state index contributed by atoms with van der Waals surface area (Å²) >= 11 is 4.29. The zero-order chi connectivity index (χ0) is 12.3. The summed E-state index contributed by atoms with van der Waals surface area (Å²) in [4.78, 5) is 13.0. The monoisotopic (exact) mass is 249 g/mol. The molecule has 2 rings (SSSR count). The fourth-order valence-corrected chi connectivity index (χ4v) is 2.13. The van der Waals surface area contributed by atoms with Crippen molar-refractivity contribution in [2.75, 3.05) is 6.54 Å². The van der Waals surface area contributed by atoms with Crippen molar-refractivity contribution in [3.63, 3.8) is 0 Å². The molecule has 0 saturated heterocycles. The van der Waals surface area contributed by atoms with E-state index in [0.717, 1.165) is 13.0 Å². The van der Waals surface area contributed by atoms with Gasteiger partial charge in [0.25, 0.3) is 0 Å². The van der Waals surface area contributed by atoms with Gasteiger partial charge in [-0.25, -0.2) is 0 Å². The molecule has 1 amide bonds. The second-order valence-corrected chi connectivity index (χ2v) is 4.37. The molecule has 1 heterocycles. The van der Waals surface area contributed by atoms with E-state index in [0.29, 0.717) is 5.82 Å². The second-order valence-electron chi connectivity index (χ2n) is 3.88. The fraction of sp³-hybridized carbons (Fsp3) is 0.250. The first-order valence-electron chi connectivity index (χ1n) is 5.43. The van der Waals surface area contributed by atoms with Gasteiger partial charge >= 0.3 is 0 Å². The summed E-state index contributed by atoms with van der Waals surface area (Å²) in [5.74, 6) is 0.267. The first kappa shape index (κ1) is 11.9. The summed E-state index contributed by atoms with van der Waals surface area (Å²) in [6.07, 6.45) is 2.25. The van der Waals surface area contributed by atoms with E-state index in [1.54, 1.807) is 0 Å². The Kier molecular flexibility index (Phi) is 3.58. The third-order valence-corrected chi connectivity index (χ3v) is 3.07. The van der Waals surface area contributed by atoms with Crippen molar-refractivity contribution in [3.8, 4) is 0 Å². The van der Waals surface area contributed by atoms with Crippen molar-refractivity contribution in [2.45, 2.75) is 11.9 Å². The molecular weight excluding hydrogens is 234 g/mol. The van der Waals surface area contributed by atoms with Crippen LogP contribution in [0, 0.1) is 0 Å². The second kappa shape index (κ2) is 5.14. The molecule has 0 aliphatic carbocycles. The smallest absolute Gasteiger partial charge is 0.249 e. The Morgan fingerprint density at radius 2 is 2.06 bits per heavy atom. The average molecular weight is 249 g/mol. The lowest BCUT2D eigenvalue weighted by atomic mass is 10.1. The molecule has 5 heteroatoms. The van der Waals surface area contributed by atoms with Crippen LogP contribution >= 0.6 is 12.6 Å². The normalized spacial score (nSPS) is 19.8. The van der Waals surface area contributed by atoms with Crippen molar-refractivity contribution in [2.24, 2.45) is 5.73 Å². The number of hydrogen-bond donors (Lipinski definition) is 3. The molecule has 0 saturated carbocycles. The predicted octanol–water partition coefficient (Wildman–Crippen LogP) is 0.674. The highest BCUT2D eigenvalue weighted by atomic mass is 32.1. The van der Waals surface area contributed by atoms with Gasteiger partial charge in [-0.15, -0.1) is 12.6 Å². The van der Waals surface area contributed by atoms with E-state index in [9.17, 15) is 4.79 Å². The summed E-state index contributed by atoms with van der Waals surface area (Å²) < 4.78 is 0. The standard InChI is InChI=1S/C12H15N3OS/c13-10-8-11(16)14-12(17)15(10)7-6-9-4-2-1-3-5-9/h1-5,8,12,17H,6-7,13H2,(H,14,16). The molecule has 1 atom stereocenters. The molecule has 1 aliphatic rings. The van der Waals surface area contributed by atoms with Crippen molar-refractivity contribution >= 4 is 18.5 Å². The Morgan fingerprint density at radius 3 is 2.71 bits per heavy atom. The van der Waals surface area contributed by atoms with Crippen molar-refractivity contribution in [3.05, 3.63) is 47.8 Å². The number of nitrogens with zero attached hydrogens (tertiary/aromatic N) is 1. The van der Waals surface area contributed by atoms with Gasteiger partial charge in [-0.05, 0) is 12.0 Å². The maximum atomic E-state index is 11.2. The topological polar surface area (TPSA) is 58.4 Å². The lowest BCUT2D eigenvalue weighted by Crippen LogP contribution is -2.50. The van der Waals surface area contributed by atoms with Crippen LogP contribution < -0.4 is 11.1 Å². The molecule has 1 aromatic rings. The van der Waals surface area contributed by atoms with E-state index in [1.807, 2.05) is 23.1 Å². The summed E-state index contributed by atoms with van der Waals surface area (Å²) in [6, 6.07) is 10.1. The first-order chi connectivity index (χ1) is 8.16. The van der Waals surface area contributed by atoms with Gasteiger partial charge < -0.3 is 16.0 Å². The predicted molar refractivity (Wildman–Crippen MR) is 70.0 cm³/mol. The van der Waals surface area contributed by atoms with Gasteiger partial charge in [0.2, 0.25) is 5.91 Å². The molecule has 4 nitrogen and oxygen atoms in total. The molecule has 3 N–H and O–H groups in total. The van der Waals surface area contributed by atoms with E-state index in [2.05, 4.69) is 30.1 Å². The Balaban J connectivity index is 1.99. The van der Waals surface area contributed by atoms with Gasteiger partial charge in [0.05, 0.1) is 0 Å². The Labute approximate surface area is 106 Å². The lowest BCUT2D eigenvalue weighted by Gasteiger charge is -2.33. The lowest BCUT2D eigenvalue weighted by molar-refractivity contribution is -0.118. The number of carbonyl (C=O) groups is 1. The van der Waals surface area contributed by atoms with Crippen LogP contribution in [0.2, 0.25) is 0 Å². The van der Waals surface area contributed by atoms with Crippen molar-refractivity contribution < 1.29 is 4.79 Å². The Morgan fingerprint density at radius 1 is 1.35 bits per heavy atom. The molecule has 17 heavy (non-hydrogen) atoms. The quantitative estimate of drug-likeness (QED) is 0.690.